The van der Waals surface area contributed by atoms with Crippen molar-refractivity contribution >= 4 is 17.7 Å². The van der Waals surface area contributed by atoms with Gasteiger partial charge in [-0.2, -0.15) is 0 Å². The fraction of sp³-hybridized carbons (Fsp3) is 0.154. The molecular weight excluding hydrogens is 252 g/mol. The standard InChI is InChI=1S/C13H12O4S/c1-8-9(6-12(17-8)13(15)16)7-18-11-4-2-10(14)3-5-11/h2-6,14H,7H2,1H3,(H,15,16). The number of carbonyl (C=O) groups is 1. The van der Waals surface area contributed by atoms with Gasteiger partial charge in [-0.3, -0.25) is 0 Å². The highest BCUT2D eigenvalue weighted by Gasteiger charge is 2.13. The van der Waals surface area contributed by atoms with E-state index in [1.165, 1.54) is 0 Å². The van der Waals surface area contributed by atoms with Gasteiger partial charge in [0.1, 0.15) is 11.5 Å². The van der Waals surface area contributed by atoms with Crippen LogP contribution in [0.25, 0.3) is 0 Å². The lowest BCUT2D eigenvalue weighted by molar-refractivity contribution is 0.0661. The first-order valence-corrected chi connectivity index (χ1v) is 6.29. The van der Waals surface area contributed by atoms with Gasteiger partial charge in [-0.25, -0.2) is 4.79 Å². The zero-order chi connectivity index (χ0) is 13.1. The molecule has 0 bridgehead atoms. The van der Waals surface area contributed by atoms with E-state index in [0.29, 0.717) is 11.5 Å². The minimum absolute atomic E-state index is 0.0335. The molecule has 94 valence electrons. The van der Waals surface area contributed by atoms with Crippen LogP contribution in [0.3, 0.4) is 0 Å². The van der Waals surface area contributed by atoms with Crippen LogP contribution in [0.2, 0.25) is 0 Å². The molecule has 0 amide bonds. The summed E-state index contributed by atoms with van der Waals surface area (Å²) in [6.07, 6.45) is 0. The summed E-state index contributed by atoms with van der Waals surface area (Å²) in [6, 6.07) is 8.41. The van der Waals surface area contributed by atoms with Gasteiger partial charge in [0.2, 0.25) is 5.76 Å². The van der Waals surface area contributed by atoms with Gasteiger partial charge in [-0.15, -0.1) is 11.8 Å². The Morgan fingerprint density at radius 2 is 2.00 bits per heavy atom. The molecule has 4 nitrogen and oxygen atoms in total. The van der Waals surface area contributed by atoms with E-state index in [2.05, 4.69) is 0 Å². The highest BCUT2D eigenvalue weighted by Crippen LogP contribution is 2.27. The molecule has 0 radical (unpaired) electrons. The van der Waals surface area contributed by atoms with E-state index in [1.807, 2.05) is 12.1 Å². The number of phenolic OH excluding ortho intramolecular Hbond substituents is 1. The lowest BCUT2D eigenvalue weighted by Gasteiger charge is -2.00. The number of furan rings is 1. The third kappa shape index (κ3) is 2.87. The molecule has 0 spiro atoms. The molecule has 0 unspecified atom stereocenters. The third-order valence-electron chi connectivity index (χ3n) is 2.46. The second-order valence-corrected chi connectivity index (χ2v) is 4.83. The van der Waals surface area contributed by atoms with Crippen molar-refractivity contribution in [3.8, 4) is 5.75 Å². The van der Waals surface area contributed by atoms with E-state index in [0.717, 1.165) is 10.5 Å². The molecule has 1 heterocycles. The Morgan fingerprint density at radius 1 is 1.33 bits per heavy atom. The van der Waals surface area contributed by atoms with Gasteiger partial charge < -0.3 is 14.6 Å². The Labute approximate surface area is 108 Å². The van der Waals surface area contributed by atoms with Crippen LogP contribution < -0.4 is 0 Å². The third-order valence-corrected chi connectivity index (χ3v) is 3.52. The predicted molar refractivity (Wildman–Crippen MR) is 68.1 cm³/mol. The zero-order valence-corrected chi connectivity index (χ0v) is 10.5. The summed E-state index contributed by atoms with van der Waals surface area (Å²) in [4.78, 5) is 11.8. The minimum Gasteiger partial charge on any atom is -0.508 e. The van der Waals surface area contributed by atoms with Crippen LogP contribution in [0.1, 0.15) is 21.9 Å². The summed E-state index contributed by atoms with van der Waals surface area (Å²) < 4.78 is 5.13. The number of hydrogen-bond donors (Lipinski definition) is 2. The van der Waals surface area contributed by atoms with Crippen molar-refractivity contribution < 1.29 is 19.4 Å². The lowest BCUT2D eigenvalue weighted by atomic mass is 10.3. The van der Waals surface area contributed by atoms with Crippen LogP contribution in [-0.4, -0.2) is 16.2 Å². The van der Waals surface area contributed by atoms with Crippen LogP contribution in [0.5, 0.6) is 5.75 Å². The topological polar surface area (TPSA) is 70.7 Å². The zero-order valence-electron chi connectivity index (χ0n) is 9.71. The molecule has 2 rings (SSSR count). The Morgan fingerprint density at radius 3 is 2.56 bits per heavy atom. The second-order valence-electron chi connectivity index (χ2n) is 3.78. The van der Waals surface area contributed by atoms with E-state index in [-0.39, 0.29) is 11.5 Å². The van der Waals surface area contributed by atoms with Gasteiger partial charge in [0, 0.05) is 16.2 Å². The van der Waals surface area contributed by atoms with Crippen LogP contribution in [0.15, 0.2) is 39.6 Å². The van der Waals surface area contributed by atoms with Crippen molar-refractivity contribution in [1.82, 2.24) is 0 Å². The van der Waals surface area contributed by atoms with E-state index >= 15 is 0 Å². The van der Waals surface area contributed by atoms with Crippen LogP contribution in [0, 0.1) is 6.92 Å². The molecule has 1 aromatic heterocycles. The smallest absolute Gasteiger partial charge is 0.371 e. The van der Waals surface area contributed by atoms with Crippen LogP contribution in [-0.2, 0) is 5.75 Å². The van der Waals surface area contributed by atoms with Crippen molar-refractivity contribution in [2.24, 2.45) is 0 Å². The molecule has 1 aromatic carbocycles. The summed E-state index contributed by atoms with van der Waals surface area (Å²) in [5, 5.41) is 18.0. The molecular formula is C13H12O4S. The van der Waals surface area contributed by atoms with E-state index < -0.39 is 5.97 Å². The maximum atomic E-state index is 10.7. The molecule has 2 N–H and O–H groups in total. The summed E-state index contributed by atoms with van der Waals surface area (Å²) >= 11 is 1.56. The largest absolute Gasteiger partial charge is 0.508 e. The molecule has 0 aliphatic heterocycles. The highest BCUT2D eigenvalue weighted by molar-refractivity contribution is 7.98. The Hall–Kier alpha value is -1.88. The van der Waals surface area contributed by atoms with Crippen LogP contribution in [0.4, 0.5) is 0 Å². The van der Waals surface area contributed by atoms with Crippen molar-refractivity contribution in [2.45, 2.75) is 17.6 Å². The van der Waals surface area contributed by atoms with Gasteiger partial charge >= 0.3 is 5.97 Å². The molecule has 0 aliphatic rings. The quantitative estimate of drug-likeness (QED) is 0.829. The number of phenols is 1. The normalized spacial score (nSPS) is 10.5. The molecule has 0 atom stereocenters. The molecule has 0 fully saturated rings. The number of rotatable bonds is 4. The average Bonchev–Trinajstić information content (AvgIpc) is 2.70. The summed E-state index contributed by atoms with van der Waals surface area (Å²) in [7, 11) is 0. The Bertz CT molecular complexity index is 557. The molecule has 18 heavy (non-hydrogen) atoms. The fourth-order valence-electron chi connectivity index (χ4n) is 1.47. The number of aromatic hydroxyl groups is 1. The van der Waals surface area contributed by atoms with Gasteiger partial charge in [0.05, 0.1) is 0 Å². The van der Waals surface area contributed by atoms with E-state index in [1.54, 1.807) is 36.9 Å². The number of carboxylic acid groups (broad SMARTS) is 1. The summed E-state index contributed by atoms with van der Waals surface area (Å²) in [5.41, 5.74) is 0.866. The van der Waals surface area contributed by atoms with Gasteiger partial charge in [0.15, 0.2) is 0 Å². The average molecular weight is 264 g/mol. The first kappa shape index (κ1) is 12.6. The van der Waals surface area contributed by atoms with Crippen molar-refractivity contribution in [2.75, 3.05) is 0 Å². The number of aryl methyl sites for hydroxylation is 1. The summed E-state index contributed by atoms with van der Waals surface area (Å²) in [5.74, 6) is 0.395. The van der Waals surface area contributed by atoms with E-state index in [9.17, 15) is 4.79 Å². The van der Waals surface area contributed by atoms with E-state index in [4.69, 9.17) is 14.6 Å². The second kappa shape index (κ2) is 5.18. The number of hydrogen-bond acceptors (Lipinski definition) is 4. The number of benzene rings is 1. The SMILES string of the molecule is Cc1oc(C(=O)O)cc1CSc1ccc(O)cc1. The first-order valence-electron chi connectivity index (χ1n) is 5.30. The molecule has 2 aromatic rings. The van der Waals surface area contributed by atoms with Crippen molar-refractivity contribution in [1.29, 1.82) is 0 Å². The molecule has 5 heteroatoms. The summed E-state index contributed by atoms with van der Waals surface area (Å²) in [6.45, 7) is 1.75. The first-order chi connectivity index (χ1) is 8.56. The van der Waals surface area contributed by atoms with Gasteiger partial charge in [0.25, 0.3) is 0 Å². The van der Waals surface area contributed by atoms with Gasteiger partial charge in [-0.1, -0.05) is 0 Å². The lowest BCUT2D eigenvalue weighted by Crippen LogP contribution is -1.91. The van der Waals surface area contributed by atoms with Gasteiger partial charge in [-0.05, 0) is 37.3 Å². The number of carboxylic acids is 1. The number of aromatic carboxylic acids is 1. The maximum absolute atomic E-state index is 10.7. The molecule has 0 saturated carbocycles. The predicted octanol–water partition coefficient (Wildman–Crippen LogP) is 3.28. The minimum atomic E-state index is -1.06. The Balaban J connectivity index is 2.06. The molecule has 0 aliphatic carbocycles. The van der Waals surface area contributed by atoms with Crippen LogP contribution >= 0.6 is 11.8 Å². The number of thioether (sulfide) groups is 1. The van der Waals surface area contributed by atoms with Crippen molar-refractivity contribution in [3.05, 3.63) is 47.4 Å². The maximum Gasteiger partial charge on any atom is 0.371 e. The fourth-order valence-corrected chi connectivity index (χ4v) is 2.41. The van der Waals surface area contributed by atoms with Crippen molar-refractivity contribution in [3.63, 3.8) is 0 Å². The highest BCUT2D eigenvalue weighted by atomic mass is 32.2. The monoisotopic (exact) mass is 264 g/mol. The molecule has 0 saturated heterocycles. The Kier molecular flexibility index (Phi) is 3.62.